The number of nitrogens with zero attached hydrogens (tertiary/aromatic N) is 1. The van der Waals surface area contributed by atoms with Crippen LogP contribution < -0.4 is 0 Å². The number of nitrogens with one attached hydrogen (secondary N) is 1. The number of rotatable bonds is 2. The van der Waals surface area contributed by atoms with E-state index in [9.17, 15) is 0 Å². The Kier molecular flexibility index (Phi) is 2.36. The number of benzene rings is 1. The van der Waals surface area contributed by atoms with Crippen LogP contribution in [0, 0.1) is 12.5 Å². The van der Waals surface area contributed by atoms with Crippen molar-refractivity contribution in [2.24, 2.45) is 5.11 Å². The lowest BCUT2D eigenvalue weighted by Crippen LogP contribution is -1.87. The van der Waals surface area contributed by atoms with Gasteiger partial charge in [0.1, 0.15) is 0 Å². The number of hydrogen-bond acceptors (Lipinski definition) is 2. The SMILES string of the molecule is Cc1cccc(C(C)N=N)c1. The van der Waals surface area contributed by atoms with Crippen LogP contribution in [0.1, 0.15) is 24.1 Å². The highest BCUT2D eigenvalue weighted by Crippen LogP contribution is 2.16. The summed E-state index contributed by atoms with van der Waals surface area (Å²) in [7, 11) is 0. The maximum Gasteiger partial charge on any atom is 0.0927 e. The zero-order valence-electron chi connectivity index (χ0n) is 6.83. The van der Waals surface area contributed by atoms with E-state index >= 15 is 0 Å². The van der Waals surface area contributed by atoms with Crippen molar-refractivity contribution in [2.75, 3.05) is 0 Å². The predicted octanol–water partition coefficient (Wildman–Crippen LogP) is 3.09. The van der Waals surface area contributed by atoms with E-state index in [2.05, 4.69) is 11.2 Å². The van der Waals surface area contributed by atoms with E-state index in [-0.39, 0.29) is 6.04 Å². The Hall–Kier alpha value is -1.18. The molecule has 1 aromatic rings. The zero-order chi connectivity index (χ0) is 8.27. The van der Waals surface area contributed by atoms with Crippen LogP contribution in [0.25, 0.3) is 0 Å². The second-order valence-electron chi connectivity index (χ2n) is 2.72. The minimum atomic E-state index is -0.00472. The summed E-state index contributed by atoms with van der Waals surface area (Å²) in [4.78, 5) is 0. The van der Waals surface area contributed by atoms with Gasteiger partial charge in [-0.05, 0) is 19.4 Å². The molecule has 1 N–H and O–H groups in total. The third-order valence-corrected chi connectivity index (χ3v) is 1.72. The average molecular weight is 148 g/mol. The van der Waals surface area contributed by atoms with E-state index in [1.807, 2.05) is 32.0 Å². The summed E-state index contributed by atoms with van der Waals surface area (Å²) in [6.45, 7) is 3.96. The summed E-state index contributed by atoms with van der Waals surface area (Å²) in [6.07, 6.45) is 0. The molecule has 0 aliphatic rings. The molecule has 1 atom stereocenters. The first-order valence-electron chi connectivity index (χ1n) is 3.67. The van der Waals surface area contributed by atoms with Crippen LogP contribution in [0.15, 0.2) is 29.4 Å². The maximum absolute atomic E-state index is 6.84. The van der Waals surface area contributed by atoms with Gasteiger partial charge in [0.2, 0.25) is 0 Å². The van der Waals surface area contributed by atoms with Crippen LogP contribution in [-0.2, 0) is 0 Å². The van der Waals surface area contributed by atoms with Gasteiger partial charge >= 0.3 is 0 Å². The van der Waals surface area contributed by atoms with Crippen molar-refractivity contribution in [3.8, 4) is 0 Å². The number of hydrogen-bond donors (Lipinski definition) is 1. The summed E-state index contributed by atoms with van der Waals surface area (Å²) < 4.78 is 0. The molecule has 0 amide bonds. The first kappa shape index (κ1) is 7.92. The van der Waals surface area contributed by atoms with Gasteiger partial charge in [0.15, 0.2) is 0 Å². The molecule has 0 aliphatic heterocycles. The Morgan fingerprint density at radius 2 is 2.18 bits per heavy atom. The molecular weight excluding hydrogens is 136 g/mol. The van der Waals surface area contributed by atoms with Crippen molar-refractivity contribution in [3.63, 3.8) is 0 Å². The van der Waals surface area contributed by atoms with Crippen molar-refractivity contribution in [2.45, 2.75) is 19.9 Å². The average Bonchev–Trinajstić information content (AvgIpc) is 2.03. The standard InChI is InChI=1S/C9H12N2/c1-7-4-3-5-9(6-7)8(2)11-10/h3-6,8,10H,1-2H3. The Morgan fingerprint density at radius 3 is 2.73 bits per heavy atom. The van der Waals surface area contributed by atoms with Gasteiger partial charge in [-0.15, -0.1) is 0 Å². The normalized spacial score (nSPS) is 12.5. The fourth-order valence-electron chi connectivity index (χ4n) is 1.00. The van der Waals surface area contributed by atoms with Gasteiger partial charge in [0.25, 0.3) is 0 Å². The monoisotopic (exact) mass is 148 g/mol. The molecular formula is C9H12N2. The van der Waals surface area contributed by atoms with E-state index in [1.165, 1.54) is 5.56 Å². The summed E-state index contributed by atoms with van der Waals surface area (Å²) in [5.74, 6) is 0. The molecule has 2 heteroatoms. The fraction of sp³-hybridized carbons (Fsp3) is 0.333. The first-order chi connectivity index (χ1) is 5.24. The molecule has 2 nitrogen and oxygen atoms in total. The highest BCUT2D eigenvalue weighted by molar-refractivity contribution is 5.24. The van der Waals surface area contributed by atoms with Crippen molar-refractivity contribution in [3.05, 3.63) is 35.4 Å². The molecule has 1 rings (SSSR count). The van der Waals surface area contributed by atoms with Gasteiger partial charge in [-0.3, -0.25) is 0 Å². The Balaban J connectivity index is 2.95. The molecule has 1 aromatic carbocycles. The molecule has 0 aromatic heterocycles. The van der Waals surface area contributed by atoms with Gasteiger partial charge in [0, 0.05) is 0 Å². The van der Waals surface area contributed by atoms with Crippen LogP contribution in [0.4, 0.5) is 0 Å². The van der Waals surface area contributed by atoms with Crippen molar-refractivity contribution in [1.82, 2.24) is 0 Å². The zero-order valence-corrected chi connectivity index (χ0v) is 6.83. The van der Waals surface area contributed by atoms with Crippen molar-refractivity contribution in [1.29, 1.82) is 5.53 Å². The summed E-state index contributed by atoms with van der Waals surface area (Å²) >= 11 is 0. The molecule has 11 heavy (non-hydrogen) atoms. The van der Waals surface area contributed by atoms with E-state index in [0.29, 0.717) is 0 Å². The summed E-state index contributed by atoms with van der Waals surface area (Å²) in [5.41, 5.74) is 9.17. The summed E-state index contributed by atoms with van der Waals surface area (Å²) in [5, 5.41) is 3.45. The van der Waals surface area contributed by atoms with Gasteiger partial charge in [-0.1, -0.05) is 29.8 Å². The summed E-state index contributed by atoms with van der Waals surface area (Å²) in [6, 6.07) is 8.08. The second-order valence-corrected chi connectivity index (χ2v) is 2.72. The molecule has 0 spiro atoms. The van der Waals surface area contributed by atoms with Crippen LogP contribution in [0.5, 0.6) is 0 Å². The Morgan fingerprint density at radius 1 is 1.45 bits per heavy atom. The Labute approximate surface area is 66.8 Å². The highest BCUT2D eigenvalue weighted by atomic mass is 15.0. The third kappa shape index (κ3) is 1.87. The molecule has 58 valence electrons. The maximum atomic E-state index is 6.84. The minimum absolute atomic E-state index is 0.00472. The van der Waals surface area contributed by atoms with E-state index in [0.717, 1.165) is 5.56 Å². The fourth-order valence-corrected chi connectivity index (χ4v) is 1.00. The molecule has 0 fully saturated rings. The lowest BCUT2D eigenvalue weighted by Gasteiger charge is -2.04. The van der Waals surface area contributed by atoms with E-state index in [1.54, 1.807) is 0 Å². The molecule has 0 bridgehead atoms. The molecule has 0 aliphatic carbocycles. The van der Waals surface area contributed by atoms with Crippen molar-refractivity contribution < 1.29 is 0 Å². The van der Waals surface area contributed by atoms with Gasteiger partial charge in [-0.25, -0.2) is 5.53 Å². The molecule has 0 heterocycles. The predicted molar refractivity (Wildman–Crippen MR) is 44.7 cm³/mol. The van der Waals surface area contributed by atoms with E-state index in [4.69, 9.17) is 5.53 Å². The topological polar surface area (TPSA) is 36.2 Å². The van der Waals surface area contributed by atoms with Crippen LogP contribution in [0.2, 0.25) is 0 Å². The van der Waals surface area contributed by atoms with Crippen molar-refractivity contribution >= 4 is 0 Å². The Bertz CT molecular complexity index is 255. The van der Waals surface area contributed by atoms with Gasteiger partial charge < -0.3 is 0 Å². The lowest BCUT2D eigenvalue weighted by atomic mass is 10.1. The number of aryl methyl sites for hydroxylation is 1. The molecule has 0 saturated heterocycles. The quantitative estimate of drug-likeness (QED) is 0.626. The first-order valence-corrected chi connectivity index (χ1v) is 3.67. The largest absolute Gasteiger partial charge is 0.209 e. The van der Waals surface area contributed by atoms with E-state index < -0.39 is 0 Å². The van der Waals surface area contributed by atoms with Crippen LogP contribution in [-0.4, -0.2) is 0 Å². The third-order valence-electron chi connectivity index (χ3n) is 1.72. The molecule has 0 saturated carbocycles. The highest BCUT2D eigenvalue weighted by Gasteiger charge is 2.00. The molecule has 0 radical (unpaired) electrons. The lowest BCUT2D eigenvalue weighted by molar-refractivity contribution is 0.733. The smallest absolute Gasteiger partial charge is 0.0927 e. The van der Waals surface area contributed by atoms with Crippen LogP contribution >= 0.6 is 0 Å². The van der Waals surface area contributed by atoms with Gasteiger partial charge in [0.05, 0.1) is 6.04 Å². The van der Waals surface area contributed by atoms with Gasteiger partial charge in [-0.2, -0.15) is 5.11 Å². The second kappa shape index (κ2) is 3.28. The van der Waals surface area contributed by atoms with Crippen LogP contribution in [0.3, 0.4) is 0 Å². The minimum Gasteiger partial charge on any atom is -0.209 e. The molecule has 1 unspecified atom stereocenters.